The molecule has 2 amide bonds. The summed E-state index contributed by atoms with van der Waals surface area (Å²) in [5.74, 6) is 0.379. The van der Waals surface area contributed by atoms with Crippen molar-refractivity contribution in [2.75, 3.05) is 26.2 Å². The van der Waals surface area contributed by atoms with Crippen LogP contribution in [0.1, 0.15) is 52.9 Å². The number of rotatable bonds is 7. The monoisotopic (exact) mass is 313 g/mol. The molecular formula is C16H31N3O3. The van der Waals surface area contributed by atoms with Gasteiger partial charge in [0, 0.05) is 19.5 Å². The highest BCUT2D eigenvalue weighted by molar-refractivity contribution is 5.73. The number of carbonyl (C=O) groups is 2. The minimum atomic E-state index is -0.430. The molecule has 6 nitrogen and oxygen atoms in total. The SMILES string of the molecule is CC(C)(C)OC(=O)N1CCC(CNCCCCC(N)=O)CC1. The number of ether oxygens (including phenoxy) is 1. The molecule has 1 fully saturated rings. The first-order chi connectivity index (χ1) is 10.3. The molecule has 0 bridgehead atoms. The summed E-state index contributed by atoms with van der Waals surface area (Å²) < 4.78 is 5.39. The Kier molecular flexibility index (Phi) is 7.65. The maximum absolute atomic E-state index is 12.0. The Hall–Kier alpha value is -1.30. The summed E-state index contributed by atoms with van der Waals surface area (Å²) >= 11 is 0. The summed E-state index contributed by atoms with van der Waals surface area (Å²) in [5.41, 5.74) is 4.67. The molecule has 6 heteroatoms. The third-order valence-corrected chi connectivity index (χ3v) is 3.73. The van der Waals surface area contributed by atoms with E-state index in [4.69, 9.17) is 10.5 Å². The van der Waals surface area contributed by atoms with Gasteiger partial charge in [-0.1, -0.05) is 0 Å². The third kappa shape index (κ3) is 8.22. The molecule has 1 rings (SSSR count). The second-order valence-electron chi connectivity index (χ2n) is 7.04. The summed E-state index contributed by atoms with van der Waals surface area (Å²) in [7, 11) is 0. The number of hydrogen-bond acceptors (Lipinski definition) is 4. The number of likely N-dealkylation sites (tertiary alicyclic amines) is 1. The van der Waals surface area contributed by atoms with Gasteiger partial charge in [0.25, 0.3) is 0 Å². The lowest BCUT2D eigenvalue weighted by molar-refractivity contribution is -0.118. The average molecular weight is 313 g/mol. The molecule has 128 valence electrons. The van der Waals surface area contributed by atoms with Crippen molar-refractivity contribution in [1.82, 2.24) is 10.2 Å². The zero-order valence-electron chi connectivity index (χ0n) is 14.2. The van der Waals surface area contributed by atoms with Crippen LogP contribution in [0.4, 0.5) is 4.79 Å². The largest absolute Gasteiger partial charge is 0.444 e. The van der Waals surface area contributed by atoms with E-state index in [2.05, 4.69) is 5.32 Å². The Morgan fingerprint density at radius 3 is 2.41 bits per heavy atom. The van der Waals surface area contributed by atoms with Crippen LogP contribution in [0.3, 0.4) is 0 Å². The molecule has 1 heterocycles. The number of nitrogens with two attached hydrogens (primary N) is 1. The fraction of sp³-hybridized carbons (Fsp3) is 0.875. The number of unbranched alkanes of at least 4 members (excludes halogenated alkanes) is 1. The van der Waals surface area contributed by atoms with Gasteiger partial charge < -0.3 is 20.7 Å². The zero-order chi connectivity index (χ0) is 16.6. The van der Waals surface area contributed by atoms with Gasteiger partial charge in [0.1, 0.15) is 5.60 Å². The first kappa shape index (κ1) is 18.7. The van der Waals surface area contributed by atoms with Gasteiger partial charge in [0.2, 0.25) is 5.91 Å². The van der Waals surface area contributed by atoms with Crippen LogP contribution in [0.5, 0.6) is 0 Å². The second kappa shape index (κ2) is 8.98. The van der Waals surface area contributed by atoms with Crippen molar-refractivity contribution in [2.24, 2.45) is 11.7 Å². The van der Waals surface area contributed by atoms with Crippen LogP contribution < -0.4 is 11.1 Å². The van der Waals surface area contributed by atoms with E-state index in [0.717, 1.165) is 51.9 Å². The Morgan fingerprint density at radius 2 is 1.86 bits per heavy atom. The molecule has 0 aliphatic carbocycles. The lowest BCUT2D eigenvalue weighted by Crippen LogP contribution is -2.43. The van der Waals surface area contributed by atoms with Crippen molar-refractivity contribution < 1.29 is 14.3 Å². The van der Waals surface area contributed by atoms with Crippen LogP contribution in [0.2, 0.25) is 0 Å². The minimum absolute atomic E-state index is 0.203. The second-order valence-corrected chi connectivity index (χ2v) is 7.04. The van der Waals surface area contributed by atoms with E-state index in [-0.39, 0.29) is 12.0 Å². The lowest BCUT2D eigenvalue weighted by atomic mass is 9.97. The summed E-state index contributed by atoms with van der Waals surface area (Å²) in [4.78, 5) is 24.4. The van der Waals surface area contributed by atoms with E-state index in [0.29, 0.717) is 12.3 Å². The Bertz CT molecular complexity index is 358. The molecule has 0 aromatic heterocycles. The van der Waals surface area contributed by atoms with Crippen LogP contribution in [0.15, 0.2) is 0 Å². The predicted molar refractivity (Wildman–Crippen MR) is 86.4 cm³/mol. The smallest absolute Gasteiger partial charge is 0.410 e. The van der Waals surface area contributed by atoms with Crippen LogP contribution >= 0.6 is 0 Å². The lowest BCUT2D eigenvalue weighted by Gasteiger charge is -2.33. The number of nitrogens with zero attached hydrogens (tertiary/aromatic N) is 1. The quantitative estimate of drug-likeness (QED) is 0.703. The summed E-state index contributed by atoms with van der Waals surface area (Å²) in [5, 5.41) is 3.42. The number of carbonyl (C=O) groups excluding carboxylic acids is 2. The van der Waals surface area contributed by atoms with Crippen molar-refractivity contribution >= 4 is 12.0 Å². The molecule has 22 heavy (non-hydrogen) atoms. The number of primary amides is 1. The fourth-order valence-corrected chi connectivity index (χ4v) is 2.50. The van der Waals surface area contributed by atoms with Crippen LogP contribution in [-0.4, -0.2) is 48.7 Å². The van der Waals surface area contributed by atoms with Gasteiger partial charge in [-0.15, -0.1) is 0 Å². The molecule has 0 atom stereocenters. The number of piperidine rings is 1. The van der Waals surface area contributed by atoms with Crippen LogP contribution in [0.25, 0.3) is 0 Å². The highest BCUT2D eigenvalue weighted by Crippen LogP contribution is 2.19. The molecule has 0 radical (unpaired) electrons. The molecule has 3 N–H and O–H groups in total. The fourth-order valence-electron chi connectivity index (χ4n) is 2.50. The van der Waals surface area contributed by atoms with Crippen molar-refractivity contribution in [1.29, 1.82) is 0 Å². The normalized spacial score (nSPS) is 16.6. The summed E-state index contributed by atoms with van der Waals surface area (Å²) in [6, 6.07) is 0. The van der Waals surface area contributed by atoms with Gasteiger partial charge >= 0.3 is 6.09 Å². The molecule has 1 aliphatic heterocycles. The van der Waals surface area contributed by atoms with Crippen molar-refractivity contribution in [2.45, 2.75) is 58.5 Å². The molecule has 0 unspecified atom stereocenters. The van der Waals surface area contributed by atoms with Gasteiger partial charge in [0.05, 0.1) is 0 Å². The summed E-state index contributed by atoms with van der Waals surface area (Å²) in [6.45, 7) is 9.09. The number of amides is 2. The van der Waals surface area contributed by atoms with Crippen molar-refractivity contribution in [3.8, 4) is 0 Å². The van der Waals surface area contributed by atoms with Gasteiger partial charge in [0.15, 0.2) is 0 Å². The van der Waals surface area contributed by atoms with Crippen molar-refractivity contribution in [3.05, 3.63) is 0 Å². The maximum atomic E-state index is 12.0. The Morgan fingerprint density at radius 1 is 1.23 bits per heavy atom. The first-order valence-corrected chi connectivity index (χ1v) is 8.25. The van der Waals surface area contributed by atoms with E-state index in [1.165, 1.54) is 0 Å². The molecule has 0 spiro atoms. The van der Waals surface area contributed by atoms with Gasteiger partial charge in [-0.05, 0) is 65.5 Å². The number of nitrogens with one attached hydrogen (secondary N) is 1. The first-order valence-electron chi connectivity index (χ1n) is 8.25. The average Bonchev–Trinajstić information content (AvgIpc) is 2.41. The van der Waals surface area contributed by atoms with Gasteiger partial charge in [-0.2, -0.15) is 0 Å². The molecule has 0 aromatic rings. The minimum Gasteiger partial charge on any atom is -0.444 e. The topological polar surface area (TPSA) is 84.7 Å². The molecule has 0 saturated carbocycles. The van der Waals surface area contributed by atoms with E-state index >= 15 is 0 Å². The molecule has 1 aliphatic rings. The standard InChI is InChI=1S/C16H31N3O3/c1-16(2,3)22-15(21)19-10-7-13(8-11-19)12-18-9-5-4-6-14(17)20/h13,18H,4-12H2,1-3H3,(H2,17,20). The van der Waals surface area contributed by atoms with E-state index in [9.17, 15) is 9.59 Å². The summed E-state index contributed by atoms with van der Waals surface area (Å²) in [6.07, 6.45) is 4.10. The van der Waals surface area contributed by atoms with E-state index in [1.54, 1.807) is 4.90 Å². The van der Waals surface area contributed by atoms with Gasteiger partial charge in [-0.3, -0.25) is 4.79 Å². The van der Waals surface area contributed by atoms with Crippen molar-refractivity contribution in [3.63, 3.8) is 0 Å². The Labute approximate surface area is 133 Å². The highest BCUT2D eigenvalue weighted by Gasteiger charge is 2.26. The highest BCUT2D eigenvalue weighted by atomic mass is 16.6. The molecule has 1 saturated heterocycles. The zero-order valence-corrected chi connectivity index (χ0v) is 14.2. The molecule has 0 aromatic carbocycles. The van der Waals surface area contributed by atoms with E-state index in [1.807, 2.05) is 20.8 Å². The molecular weight excluding hydrogens is 282 g/mol. The van der Waals surface area contributed by atoms with Crippen LogP contribution in [0, 0.1) is 5.92 Å². The maximum Gasteiger partial charge on any atom is 0.410 e. The predicted octanol–water partition coefficient (Wildman–Crippen LogP) is 1.88. The van der Waals surface area contributed by atoms with E-state index < -0.39 is 5.60 Å². The number of hydrogen-bond donors (Lipinski definition) is 2. The Balaban J connectivity index is 2.10. The van der Waals surface area contributed by atoms with Crippen LogP contribution in [-0.2, 0) is 9.53 Å². The third-order valence-electron chi connectivity index (χ3n) is 3.73. The van der Waals surface area contributed by atoms with Gasteiger partial charge in [-0.25, -0.2) is 4.79 Å².